The summed E-state index contributed by atoms with van der Waals surface area (Å²) in [6.45, 7) is 8.09. The largest absolute Gasteiger partial charge is 0.352 e. The predicted octanol–water partition coefficient (Wildman–Crippen LogP) is 2.63. The highest BCUT2D eigenvalue weighted by atomic mass is 35.5. The second kappa shape index (κ2) is 8.10. The second-order valence-corrected chi connectivity index (χ2v) is 6.70. The third-order valence-corrected chi connectivity index (χ3v) is 4.86. The van der Waals surface area contributed by atoms with Crippen molar-refractivity contribution < 1.29 is 17.9 Å². The van der Waals surface area contributed by atoms with E-state index in [-0.39, 0.29) is 11.4 Å². The molecule has 7 heteroatoms. The summed E-state index contributed by atoms with van der Waals surface area (Å²) in [6.07, 6.45) is -0.594. The van der Waals surface area contributed by atoms with Gasteiger partial charge < -0.3 is 9.47 Å². The molecule has 0 spiro atoms. The molecule has 0 saturated heterocycles. The van der Waals surface area contributed by atoms with Crippen LogP contribution in [0.5, 0.6) is 0 Å². The number of sulfonamides is 1. The number of hydrogen-bond acceptors (Lipinski definition) is 4. The average Bonchev–Trinajstić information content (AvgIpc) is 2.40. The van der Waals surface area contributed by atoms with Gasteiger partial charge in [-0.15, -0.1) is 0 Å². The van der Waals surface area contributed by atoms with E-state index in [2.05, 4.69) is 4.72 Å². The summed E-state index contributed by atoms with van der Waals surface area (Å²) in [6, 6.07) is 3.21. The van der Waals surface area contributed by atoms with E-state index in [1.165, 1.54) is 0 Å². The summed E-state index contributed by atoms with van der Waals surface area (Å²) in [7, 11) is -3.63. The lowest BCUT2D eigenvalue weighted by Gasteiger charge is -2.18. The summed E-state index contributed by atoms with van der Waals surface area (Å²) in [5, 5.41) is 0.549. The minimum Gasteiger partial charge on any atom is -0.352 e. The highest BCUT2D eigenvalue weighted by Gasteiger charge is 2.20. The first-order valence-electron chi connectivity index (χ1n) is 6.81. The van der Waals surface area contributed by atoms with E-state index in [4.69, 9.17) is 21.1 Å². The molecule has 0 unspecified atom stereocenters. The molecule has 0 bridgehead atoms. The normalized spacial score (nSPS) is 12.1. The first kappa shape index (κ1) is 18.4. The van der Waals surface area contributed by atoms with Gasteiger partial charge in [0.15, 0.2) is 6.29 Å². The number of hydrogen-bond donors (Lipinski definition) is 1. The summed E-state index contributed by atoms with van der Waals surface area (Å²) in [4.78, 5) is 0.219. The number of halogens is 1. The molecule has 0 fully saturated rings. The molecule has 1 N–H and O–H groups in total. The van der Waals surface area contributed by atoms with Crippen molar-refractivity contribution in [2.24, 2.45) is 0 Å². The lowest BCUT2D eigenvalue weighted by atomic mass is 10.2. The molecule has 120 valence electrons. The van der Waals surface area contributed by atoms with Gasteiger partial charge in [0.1, 0.15) is 0 Å². The topological polar surface area (TPSA) is 64.6 Å². The van der Waals surface area contributed by atoms with Gasteiger partial charge in [-0.1, -0.05) is 11.6 Å². The molecule has 21 heavy (non-hydrogen) atoms. The van der Waals surface area contributed by atoms with Crippen molar-refractivity contribution in [2.45, 2.75) is 38.9 Å². The second-order valence-electron chi connectivity index (χ2n) is 4.56. The van der Waals surface area contributed by atoms with Crippen LogP contribution in [-0.4, -0.2) is 34.5 Å². The van der Waals surface area contributed by atoms with Crippen LogP contribution >= 0.6 is 11.6 Å². The third-order valence-electron chi connectivity index (χ3n) is 2.89. The van der Waals surface area contributed by atoms with Gasteiger partial charge in [-0.25, -0.2) is 13.1 Å². The SMILES string of the molecule is CCOC(CNS(=O)(=O)c1cc(C)c(Cl)cc1C)OCC. The number of benzene rings is 1. The zero-order valence-electron chi connectivity index (χ0n) is 12.8. The number of ether oxygens (including phenoxy) is 2. The van der Waals surface area contributed by atoms with Crippen molar-refractivity contribution in [2.75, 3.05) is 19.8 Å². The highest BCUT2D eigenvalue weighted by molar-refractivity contribution is 7.89. The van der Waals surface area contributed by atoms with Gasteiger partial charge in [-0.05, 0) is 51.0 Å². The molecular formula is C14H22ClNO4S. The molecule has 0 radical (unpaired) electrons. The highest BCUT2D eigenvalue weighted by Crippen LogP contribution is 2.23. The number of aryl methyl sites for hydroxylation is 2. The van der Waals surface area contributed by atoms with E-state index >= 15 is 0 Å². The van der Waals surface area contributed by atoms with Crippen LogP contribution in [0.3, 0.4) is 0 Å². The summed E-state index contributed by atoms with van der Waals surface area (Å²) >= 11 is 5.99. The molecule has 0 aliphatic carbocycles. The van der Waals surface area contributed by atoms with Gasteiger partial charge in [0.2, 0.25) is 10.0 Å². The van der Waals surface area contributed by atoms with Gasteiger partial charge >= 0.3 is 0 Å². The van der Waals surface area contributed by atoms with Crippen LogP contribution in [0.25, 0.3) is 0 Å². The smallest absolute Gasteiger partial charge is 0.241 e. The molecule has 0 aliphatic rings. The quantitative estimate of drug-likeness (QED) is 0.742. The molecule has 0 saturated carbocycles. The first-order valence-corrected chi connectivity index (χ1v) is 8.67. The van der Waals surface area contributed by atoms with E-state index in [1.54, 1.807) is 26.0 Å². The summed E-state index contributed by atoms with van der Waals surface area (Å²) in [5.74, 6) is 0. The molecule has 1 aromatic rings. The number of nitrogens with one attached hydrogen (secondary N) is 1. The Bertz CT molecular complexity index is 569. The van der Waals surface area contributed by atoms with E-state index in [9.17, 15) is 8.42 Å². The fourth-order valence-electron chi connectivity index (χ4n) is 1.84. The maximum absolute atomic E-state index is 12.4. The standard InChI is InChI=1S/C14H22ClNO4S/c1-5-19-14(20-6-2)9-16-21(17,18)13-8-10(3)12(15)7-11(13)4/h7-8,14,16H,5-6,9H2,1-4H3. The molecule has 0 aromatic heterocycles. The Hall–Kier alpha value is -0.660. The minimum absolute atomic E-state index is 0.0606. The van der Waals surface area contributed by atoms with E-state index < -0.39 is 16.3 Å². The van der Waals surface area contributed by atoms with Crippen LogP contribution in [0.4, 0.5) is 0 Å². The van der Waals surface area contributed by atoms with Crippen LogP contribution in [0, 0.1) is 13.8 Å². The minimum atomic E-state index is -3.63. The zero-order chi connectivity index (χ0) is 16.0. The van der Waals surface area contributed by atoms with Gasteiger partial charge in [-0.3, -0.25) is 0 Å². The van der Waals surface area contributed by atoms with E-state index in [1.807, 2.05) is 13.8 Å². The molecule has 0 atom stereocenters. The molecule has 0 aliphatic heterocycles. The van der Waals surface area contributed by atoms with Crippen molar-refractivity contribution in [1.82, 2.24) is 4.72 Å². The number of rotatable bonds is 8. The van der Waals surface area contributed by atoms with Crippen LogP contribution in [-0.2, 0) is 19.5 Å². The van der Waals surface area contributed by atoms with Crippen molar-refractivity contribution in [3.63, 3.8) is 0 Å². The molecule has 1 aromatic carbocycles. The van der Waals surface area contributed by atoms with Crippen molar-refractivity contribution in [3.8, 4) is 0 Å². The Labute approximate surface area is 131 Å². The fraction of sp³-hybridized carbons (Fsp3) is 0.571. The summed E-state index contributed by atoms with van der Waals surface area (Å²) < 4.78 is 37.9. The van der Waals surface area contributed by atoms with Gasteiger partial charge in [0.05, 0.1) is 11.4 Å². The predicted molar refractivity (Wildman–Crippen MR) is 83.2 cm³/mol. The van der Waals surface area contributed by atoms with E-state index in [0.717, 1.165) is 0 Å². The summed E-state index contributed by atoms with van der Waals surface area (Å²) in [5.41, 5.74) is 1.32. The third kappa shape index (κ3) is 5.23. The Kier molecular flexibility index (Phi) is 7.09. The maximum Gasteiger partial charge on any atom is 0.241 e. The van der Waals surface area contributed by atoms with E-state index in [0.29, 0.717) is 29.4 Å². The Morgan fingerprint density at radius 3 is 2.24 bits per heavy atom. The monoisotopic (exact) mass is 335 g/mol. The molecular weight excluding hydrogens is 314 g/mol. The van der Waals surface area contributed by atoms with Gasteiger partial charge in [0, 0.05) is 18.2 Å². The Morgan fingerprint density at radius 1 is 1.14 bits per heavy atom. The zero-order valence-corrected chi connectivity index (χ0v) is 14.3. The lowest BCUT2D eigenvalue weighted by Crippen LogP contribution is -2.35. The van der Waals surface area contributed by atoms with Crippen LogP contribution in [0.15, 0.2) is 17.0 Å². The molecule has 0 heterocycles. The van der Waals surface area contributed by atoms with Crippen LogP contribution in [0.1, 0.15) is 25.0 Å². The average molecular weight is 336 g/mol. The first-order chi connectivity index (χ1) is 9.81. The van der Waals surface area contributed by atoms with Crippen LogP contribution in [0.2, 0.25) is 5.02 Å². The van der Waals surface area contributed by atoms with Crippen molar-refractivity contribution >= 4 is 21.6 Å². The van der Waals surface area contributed by atoms with Crippen molar-refractivity contribution in [3.05, 3.63) is 28.3 Å². The maximum atomic E-state index is 12.4. The lowest BCUT2D eigenvalue weighted by molar-refractivity contribution is -0.130. The Morgan fingerprint density at radius 2 is 1.71 bits per heavy atom. The van der Waals surface area contributed by atoms with Crippen LogP contribution < -0.4 is 4.72 Å². The molecule has 1 rings (SSSR count). The molecule has 0 amide bonds. The fourth-order valence-corrected chi connectivity index (χ4v) is 3.38. The molecule has 5 nitrogen and oxygen atoms in total. The van der Waals surface area contributed by atoms with Gasteiger partial charge in [0.25, 0.3) is 0 Å². The van der Waals surface area contributed by atoms with Crippen molar-refractivity contribution in [1.29, 1.82) is 0 Å². The van der Waals surface area contributed by atoms with Gasteiger partial charge in [-0.2, -0.15) is 0 Å². The Balaban J connectivity index is 2.89.